The van der Waals surface area contributed by atoms with Crippen LogP contribution in [0.2, 0.25) is 0 Å². The van der Waals surface area contributed by atoms with Crippen LogP contribution in [0.5, 0.6) is 0 Å². The Kier molecular flexibility index (Phi) is 5.40. The van der Waals surface area contributed by atoms with Gasteiger partial charge in [0.2, 0.25) is 0 Å². The maximum absolute atomic E-state index is 4.52. The van der Waals surface area contributed by atoms with Gasteiger partial charge >= 0.3 is 0 Å². The van der Waals surface area contributed by atoms with Crippen LogP contribution in [0.3, 0.4) is 0 Å². The van der Waals surface area contributed by atoms with E-state index in [1.807, 2.05) is 6.20 Å². The molecule has 130 valence electrons. The SMILES string of the molecule is Cc1ccc(C)c(CN2CCC(Cn3ccnc3C(C)C)CC2)c1. The molecule has 3 rings (SSSR count). The van der Waals surface area contributed by atoms with Gasteiger partial charge < -0.3 is 4.57 Å². The first-order valence-electron chi connectivity index (χ1n) is 9.32. The van der Waals surface area contributed by atoms with Crippen molar-refractivity contribution in [3.05, 3.63) is 53.1 Å². The summed E-state index contributed by atoms with van der Waals surface area (Å²) in [6, 6.07) is 6.81. The average molecular weight is 326 g/mol. The Hall–Kier alpha value is -1.61. The van der Waals surface area contributed by atoms with E-state index in [0.29, 0.717) is 5.92 Å². The van der Waals surface area contributed by atoms with Crippen LogP contribution in [-0.4, -0.2) is 27.5 Å². The minimum Gasteiger partial charge on any atom is -0.334 e. The number of piperidine rings is 1. The molecule has 2 aromatic rings. The van der Waals surface area contributed by atoms with E-state index in [0.717, 1.165) is 19.0 Å². The lowest BCUT2D eigenvalue weighted by Gasteiger charge is -2.33. The largest absolute Gasteiger partial charge is 0.334 e. The van der Waals surface area contributed by atoms with Crippen LogP contribution in [-0.2, 0) is 13.1 Å². The summed E-state index contributed by atoms with van der Waals surface area (Å²) in [7, 11) is 0. The quantitative estimate of drug-likeness (QED) is 0.805. The van der Waals surface area contributed by atoms with E-state index in [-0.39, 0.29) is 0 Å². The molecular weight excluding hydrogens is 294 g/mol. The van der Waals surface area contributed by atoms with Crippen LogP contribution in [0.15, 0.2) is 30.6 Å². The van der Waals surface area contributed by atoms with Crippen molar-refractivity contribution < 1.29 is 0 Å². The average Bonchev–Trinajstić information content (AvgIpc) is 3.01. The van der Waals surface area contributed by atoms with Gasteiger partial charge in [0.1, 0.15) is 5.82 Å². The van der Waals surface area contributed by atoms with E-state index in [2.05, 4.69) is 66.5 Å². The first-order chi connectivity index (χ1) is 11.5. The monoisotopic (exact) mass is 325 g/mol. The molecule has 3 nitrogen and oxygen atoms in total. The van der Waals surface area contributed by atoms with E-state index < -0.39 is 0 Å². The van der Waals surface area contributed by atoms with Gasteiger partial charge in [0.25, 0.3) is 0 Å². The molecule has 0 bridgehead atoms. The minimum absolute atomic E-state index is 0.504. The van der Waals surface area contributed by atoms with Gasteiger partial charge in [-0.3, -0.25) is 4.90 Å². The molecule has 24 heavy (non-hydrogen) atoms. The molecular formula is C21H31N3. The molecule has 0 unspecified atom stereocenters. The van der Waals surface area contributed by atoms with Crippen LogP contribution in [0.4, 0.5) is 0 Å². The minimum atomic E-state index is 0.504. The van der Waals surface area contributed by atoms with Crippen molar-refractivity contribution in [2.75, 3.05) is 13.1 Å². The predicted octanol–water partition coefficient (Wildman–Crippen LogP) is 4.54. The van der Waals surface area contributed by atoms with Gasteiger partial charge in [-0.25, -0.2) is 4.98 Å². The van der Waals surface area contributed by atoms with E-state index in [1.54, 1.807) is 0 Å². The highest BCUT2D eigenvalue weighted by Gasteiger charge is 2.21. The number of benzene rings is 1. The maximum atomic E-state index is 4.52. The number of imidazole rings is 1. The highest BCUT2D eigenvalue weighted by Crippen LogP contribution is 2.23. The third kappa shape index (κ3) is 4.07. The van der Waals surface area contributed by atoms with Crippen molar-refractivity contribution in [2.24, 2.45) is 5.92 Å². The molecule has 1 aromatic carbocycles. The van der Waals surface area contributed by atoms with Gasteiger partial charge in [0, 0.05) is 31.4 Å². The molecule has 0 saturated carbocycles. The molecule has 0 atom stereocenters. The molecule has 1 saturated heterocycles. The van der Waals surface area contributed by atoms with Gasteiger partial charge in [-0.1, -0.05) is 37.6 Å². The lowest BCUT2D eigenvalue weighted by molar-refractivity contribution is 0.166. The van der Waals surface area contributed by atoms with Gasteiger partial charge in [-0.15, -0.1) is 0 Å². The van der Waals surface area contributed by atoms with Gasteiger partial charge in [0.05, 0.1) is 0 Å². The summed E-state index contributed by atoms with van der Waals surface area (Å²) in [5.74, 6) is 2.52. The Balaban J connectivity index is 1.54. The number of aromatic nitrogens is 2. The Bertz CT molecular complexity index is 663. The Morgan fingerprint density at radius 3 is 2.62 bits per heavy atom. The Morgan fingerprint density at radius 1 is 1.17 bits per heavy atom. The number of hydrogen-bond acceptors (Lipinski definition) is 2. The molecule has 1 fully saturated rings. The second-order valence-electron chi connectivity index (χ2n) is 7.74. The van der Waals surface area contributed by atoms with Crippen molar-refractivity contribution in [2.45, 2.75) is 59.5 Å². The fourth-order valence-electron chi connectivity index (χ4n) is 3.79. The second-order valence-corrected chi connectivity index (χ2v) is 7.74. The normalized spacial score (nSPS) is 16.9. The molecule has 0 aliphatic carbocycles. The standard InChI is InChI=1S/C21H31N3/c1-16(2)21-22-9-12-24(21)14-19-7-10-23(11-8-19)15-20-13-17(3)5-6-18(20)4/h5-6,9,12-13,16,19H,7-8,10-11,14-15H2,1-4H3. The summed E-state index contributed by atoms with van der Waals surface area (Å²) in [5.41, 5.74) is 4.28. The topological polar surface area (TPSA) is 21.1 Å². The molecule has 1 aliphatic rings. The Morgan fingerprint density at radius 2 is 1.92 bits per heavy atom. The van der Waals surface area contributed by atoms with Crippen molar-refractivity contribution in [1.82, 2.24) is 14.5 Å². The summed E-state index contributed by atoms with van der Waals surface area (Å²) < 4.78 is 2.37. The first kappa shape index (κ1) is 17.2. The predicted molar refractivity (Wildman–Crippen MR) is 100 cm³/mol. The van der Waals surface area contributed by atoms with Crippen LogP contribution >= 0.6 is 0 Å². The van der Waals surface area contributed by atoms with E-state index in [9.17, 15) is 0 Å². The van der Waals surface area contributed by atoms with Crippen LogP contribution < -0.4 is 0 Å². The number of nitrogens with zero attached hydrogens (tertiary/aromatic N) is 3. The molecule has 3 heteroatoms. The summed E-state index contributed by atoms with van der Waals surface area (Å²) in [4.78, 5) is 7.14. The van der Waals surface area contributed by atoms with Gasteiger partial charge in [-0.2, -0.15) is 0 Å². The van der Waals surface area contributed by atoms with Crippen molar-refractivity contribution in [1.29, 1.82) is 0 Å². The zero-order valence-electron chi connectivity index (χ0n) is 15.6. The number of hydrogen-bond donors (Lipinski definition) is 0. The molecule has 0 N–H and O–H groups in total. The summed E-state index contributed by atoms with van der Waals surface area (Å²) in [5, 5.41) is 0. The number of likely N-dealkylation sites (tertiary alicyclic amines) is 1. The van der Waals surface area contributed by atoms with Crippen molar-refractivity contribution in [3.63, 3.8) is 0 Å². The molecule has 1 aliphatic heterocycles. The summed E-state index contributed by atoms with van der Waals surface area (Å²) in [6.45, 7) is 13.5. The van der Waals surface area contributed by atoms with E-state index in [4.69, 9.17) is 0 Å². The first-order valence-corrected chi connectivity index (χ1v) is 9.32. The smallest absolute Gasteiger partial charge is 0.111 e. The molecule has 2 heterocycles. The molecule has 0 radical (unpaired) electrons. The third-order valence-corrected chi connectivity index (χ3v) is 5.32. The van der Waals surface area contributed by atoms with Gasteiger partial charge in [-0.05, 0) is 56.8 Å². The summed E-state index contributed by atoms with van der Waals surface area (Å²) >= 11 is 0. The fraction of sp³-hybridized carbons (Fsp3) is 0.571. The summed E-state index contributed by atoms with van der Waals surface area (Å²) in [6.07, 6.45) is 6.68. The fourth-order valence-corrected chi connectivity index (χ4v) is 3.79. The van der Waals surface area contributed by atoms with Crippen LogP contribution in [0, 0.1) is 19.8 Å². The highest BCUT2D eigenvalue weighted by molar-refractivity contribution is 5.30. The molecule has 1 aromatic heterocycles. The van der Waals surface area contributed by atoms with Crippen molar-refractivity contribution in [3.8, 4) is 0 Å². The zero-order valence-corrected chi connectivity index (χ0v) is 15.6. The maximum Gasteiger partial charge on any atom is 0.111 e. The van der Waals surface area contributed by atoms with Crippen LogP contribution in [0.25, 0.3) is 0 Å². The number of aryl methyl sites for hydroxylation is 2. The lowest BCUT2D eigenvalue weighted by Crippen LogP contribution is -2.34. The number of rotatable bonds is 5. The van der Waals surface area contributed by atoms with Gasteiger partial charge in [0.15, 0.2) is 0 Å². The van der Waals surface area contributed by atoms with E-state index in [1.165, 1.54) is 48.4 Å². The lowest BCUT2D eigenvalue weighted by atomic mass is 9.95. The molecule has 0 spiro atoms. The zero-order chi connectivity index (χ0) is 17.1. The molecule has 0 amide bonds. The Labute approximate surface area is 146 Å². The van der Waals surface area contributed by atoms with Crippen LogP contribution in [0.1, 0.15) is 55.1 Å². The van der Waals surface area contributed by atoms with Crippen molar-refractivity contribution >= 4 is 0 Å². The highest BCUT2D eigenvalue weighted by atomic mass is 15.1. The third-order valence-electron chi connectivity index (χ3n) is 5.32. The second kappa shape index (κ2) is 7.52. The van der Waals surface area contributed by atoms with E-state index >= 15 is 0 Å².